The van der Waals surface area contributed by atoms with Gasteiger partial charge in [-0.15, -0.1) is 0 Å². The molecule has 132 valence electrons. The maximum atomic E-state index is 12.3. The van der Waals surface area contributed by atoms with Crippen molar-refractivity contribution in [1.82, 2.24) is 9.88 Å². The SMILES string of the molecule is CCOc1cnc2c(c1)OCC1CN(C(=O)OC(C)(C)C)CCN21. The van der Waals surface area contributed by atoms with E-state index in [1.807, 2.05) is 33.8 Å². The molecule has 0 radical (unpaired) electrons. The summed E-state index contributed by atoms with van der Waals surface area (Å²) >= 11 is 0. The maximum Gasteiger partial charge on any atom is 0.410 e. The van der Waals surface area contributed by atoms with Gasteiger partial charge in [0.05, 0.1) is 18.8 Å². The number of carbonyl (C=O) groups excluding carboxylic acids is 1. The number of aromatic nitrogens is 1. The first-order chi connectivity index (χ1) is 11.4. The Labute approximate surface area is 142 Å². The van der Waals surface area contributed by atoms with Gasteiger partial charge in [-0.05, 0) is 27.7 Å². The Balaban J connectivity index is 1.70. The van der Waals surface area contributed by atoms with Crippen molar-refractivity contribution < 1.29 is 19.0 Å². The molecule has 3 rings (SSSR count). The minimum absolute atomic E-state index is 0.0872. The van der Waals surface area contributed by atoms with Crippen LogP contribution in [0.3, 0.4) is 0 Å². The topological polar surface area (TPSA) is 64.1 Å². The Morgan fingerprint density at radius 2 is 2.21 bits per heavy atom. The van der Waals surface area contributed by atoms with Crippen molar-refractivity contribution in [2.75, 3.05) is 37.7 Å². The average Bonchev–Trinajstić information content (AvgIpc) is 2.52. The Hall–Kier alpha value is -2.18. The van der Waals surface area contributed by atoms with E-state index in [2.05, 4.69) is 9.88 Å². The van der Waals surface area contributed by atoms with Crippen molar-refractivity contribution in [2.45, 2.75) is 39.3 Å². The lowest BCUT2D eigenvalue weighted by Gasteiger charge is -2.44. The zero-order valence-electron chi connectivity index (χ0n) is 14.7. The molecular formula is C17H25N3O4. The van der Waals surface area contributed by atoms with E-state index in [9.17, 15) is 4.79 Å². The van der Waals surface area contributed by atoms with E-state index in [-0.39, 0.29) is 12.1 Å². The molecule has 0 bridgehead atoms. The van der Waals surface area contributed by atoms with Crippen LogP contribution in [0.25, 0.3) is 0 Å². The third-order valence-corrected chi connectivity index (χ3v) is 3.96. The Morgan fingerprint density at radius 1 is 1.42 bits per heavy atom. The fraction of sp³-hybridized carbons (Fsp3) is 0.647. The highest BCUT2D eigenvalue weighted by molar-refractivity contribution is 5.69. The molecule has 0 aromatic carbocycles. The fourth-order valence-electron chi connectivity index (χ4n) is 2.94. The smallest absolute Gasteiger partial charge is 0.410 e. The number of ether oxygens (including phenoxy) is 3. The number of rotatable bonds is 2. The molecule has 1 atom stereocenters. The summed E-state index contributed by atoms with van der Waals surface area (Å²) in [5, 5.41) is 0. The number of hydrogen-bond donors (Lipinski definition) is 0. The first-order valence-corrected chi connectivity index (χ1v) is 8.37. The largest absolute Gasteiger partial charge is 0.492 e. The predicted octanol–water partition coefficient (Wildman–Crippen LogP) is 2.30. The zero-order valence-corrected chi connectivity index (χ0v) is 14.7. The van der Waals surface area contributed by atoms with Crippen molar-refractivity contribution >= 4 is 11.9 Å². The van der Waals surface area contributed by atoms with Gasteiger partial charge < -0.3 is 24.0 Å². The molecule has 1 saturated heterocycles. The lowest BCUT2D eigenvalue weighted by Crippen LogP contribution is -2.59. The van der Waals surface area contributed by atoms with E-state index < -0.39 is 5.60 Å². The van der Waals surface area contributed by atoms with Crippen LogP contribution >= 0.6 is 0 Å². The summed E-state index contributed by atoms with van der Waals surface area (Å²) in [6.45, 7) is 10.6. The van der Waals surface area contributed by atoms with Gasteiger partial charge >= 0.3 is 6.09 Å². The second-order valence-corrected chi connectivity index (χ2v) is 7.01. The van der Waals surface area contributed by atoms with Crippen LogP contribution in [0.5, 0.6) is 11.5 Å². The maximum absolute atomic E-state index is 12.3. The molecule has 0 spiro atoms. The quantitative estimate of drug-likeness (QED) is 0.826. The predicted molar refractivity (Wildman–Crippen MR) is 89.8 cm³/mol. The second-order valence-electron chi connectivity index (χ2n) is 7.01. The van der Waals surface area contributed by atoms with Gasteiger partial charge in [0.25, 0.3) is 0 Å². The molecule has 0 N–H and O–H groups in total. The molecule has 0 saturated carbocycles. The van der Waals surface area contributed by atoms with Crippen LogP contribution < -0.4 is 14.4 Å². The van der Waals surface area contributed by atoms with E-state index in [0.717, 1.165) is 11.6 Å². The van der Waals surface area contributed by atoms with Crippen molar-refractivity contribution in [2.24, 2.45) is 0 Å². The van der Waals surface area contributed by atoms with E-state index in [1.54, 1.807) is 11.1 Å². The molecule has 1 unspecified atom stereocenters. The monoisotopic (exact) mass is 335 g/mol. The zero-order chi connectivity index (χ0) is 17.3. The number of amides is 1. The van der Waals surface area contributed by atoms with Crippen LogP contribution in [0, 0.1) is 0 Å². The lowest BCUT2D eigenvalue weighted by atomic mass is 10.1. The number of anilines is 1. The normalized spacial score (nSPS) is 19.9. The summed E-state index contributed by atoms with van der Waals surface area (Å²) in [4.78, 5) is 20.7. The molecule has 1 fully saturated rings. The molecule has 1 aromatic heterocycles. The molecule has 3 heterocycles. The van der Waals surface area contributed by atoms with E-state index in [4.69, 9.17) is 14.2 Å². The number of carbonyl (C=O) groups is 1. The number of pyridine rings is 1. The van der Waals surface area contributed by atoms with Gasteiger partial charge in [0.15, 0.2) is 11.6 Å². The number of fused-ring (bicyclic) bond motifs is 3. The highest BCUT2D eigenvalue weighted by atomic mass is 16.6. The Bertz CT molecular complexity index is 614. The van der Waals surface area contributed by atoms with Crippen molar-refractivity contribution in [3.63, 3.8) is 0 Å². The molecule has 2 aliphatic rings. The first kappa shape index (κ1) is 16.7. The number of nitrogens with zero attached hydrogens (tertiary/aromatic N) is 3. The molecule has 0 aliphatic carbocycles. The second kappa shape index (κ2) is 6.37. The summed E-state index contributed by atoms with van der Waals surface area (Å²) in [7, 11) is 0. The molecule has 1 amide bonds. The molecule has 7 heteroatoms. The summed E-state index contributed by atoms with van der Waals surface area (Å²) in [5.74, 6) is 2.27. The van der Waals surface area contributed by atoms with Gasteiger partial charge in [-0.2, -0.15) is 0 Å². The van der Waals surface area contributed by atoms with E-state index in [0.29, 0.717) is 38.6 Å². The van der Waals surface area contributed by atoms with E-state index in [1.165, 1.54) is 0 Å². The van der Waals surface area contributed by atoms with Gasteiger partial charge in [0, 0.05) is 25.7 Å². The van der Waals surface area contributed by atoms with Crippen molar-refractivity contribution in [3.05, 3.63) is 12.3 Å². The average molecular weight is 335 g/mol. The molecule has 7 nitrogen and oxygen atoms in total. The van der Waals surface area contributed by atoms with Gasteiger partial charge in [-0.1, -0.05) is 0 Å². The summed E-state index contributed by atoms with van der Waals surface area (Å²) in [6.07, 6.45) is 1.45. The van der Waals surface area contributed by atoms with Crippen LogP contribution in [-0.4, -0.2) is 60.5 Å². The van der Waals surface area contributed by atoms with Gasteiger partial charge in [0.1, 0.15) is 18.0 Å². The van der Waals surface area contributed by atoms with Gasteiger partial charge in [-0.3, -0.25) is 0 Å². The van der Waals surface area contributed by atoms with Crippen LogP contribution in [0.4, 0.5) is 10.6 Å². The standard InChI is InChI=1S/C17H25N3O4/c1-5-22-13-8-14-15(18-9-13)20-7-6-19(10-12(20)11-23-14)16(21)24-17(2,3)4/h8-9,12H,5-7,10-11H2,1-4H3. The fourth-order valence-corrected chi connectivity index (χ4v) is 2.94. The van der Waals surface area contributed by atoms with Crippen molar-refractivity contribution in [3.8, 4) is 11.5 Å². The highest BCUT2D eigenvalue weighted by Gasteiger charge is 2.36. The third-order valence-electron chi connectivity index (χ3n) is 3.96. The summed E-state index contributed by atoms with van der Waals surface area (Å²) in [5.41, 5.74) is -0.485. The Morgan fingerprint density at radius 3 is 2.92 bits per heavy atom. The van der Waals surface area contributed by atoms with Gasteiger partial charge in [0.2, 0.25) is 0 Å². The lowest BCUT2D eigenvalue weighted by molar-refractivity contribution is 0.0194. The third kappa shape index (κ3) is 3.49. The molecule has 24 heavy (non-hydrogen) atoms. The van der Waals surface area contributed by atoms with Crippen LogP contribution in [0.2, 0.25) is 0 Å². The Kier molecular flexibility index (Phi) is 4.43. The number of hydrogen-bond acceptors (Lipinski definition) is 6. The number of piperazine rings is 1. The van der Waals surface area contributed by atoms with Crippen LogP contribution in [0.15, 0.2) is 12.3 Å². The van der Waals surface area contributed by atoms with Crippen molar-refractivity contribution in [1.29, 1.82) is 0 Å². The minimum atomic E-state index is -0.485. The summed E-state index contributed by atoms with van der Waals surface area (Å²) in [6, 6.07) is 1.96. The van der Waals surface area contributed by atoms with E-state index >= 15 is 0 Å². The van der Waals surface area contributed by atoms with Crippen LogP contribution in [0.1, 0.15) is 27.7 Å². The highest BCUT2D eigenvalue weighted by Crippen LogP contribution is 2.35. The molecule has 1 aromatic rings. The minimum Gasteiger partial charge on any atom is -0.492 e. The molecular weight excluding hydrogens is 310 g/mol. The van der Waals surface area contributed by atoms with Gasteiger partial charge in [-0.25, -0.2) is 9.78 Å². The van der Waals surface area contributed by atoms with Crippen LogP contribution in [-0.2, 0) is 4.74 Å². The first-order valence-electron chi connectivity index (χ1n) is 8.37. The molecule has 2 aliphatic heterocycles. The summed E-state index contributed by atoms with van der Waals surface area (Å²) < 4.78 is 16.8.